The van der Waals surface area contributed by atoms with Gasteiger partial charge in [-0.15, -0.1) is 11.3 Å². The highest BCUT2D eigenvalue weighted by molar-refractivity contribution is 7.21. The first-order valence-electron chi connectivity index (χ1n) is 8.99. The Balaban J connectivity index is 1.57. The van der Waals surface area contributed by atoms with Gasteiger partial charge in [0.05, 0.1) is 10.2 Å². The predicted octanol–water partition coefficient (Wildman–Crippen LogP) is 6.87. The van der Waals surface area contributed by atoms with Crippen LogP contribution in [0.5, 0.6) is 11.5 Å². The van der Waals surface area contributed by atoms with Gasteiger partial charge in [-0.25, -0.2) is 9.78 Å². The van der Waals surface area contributed by atoms with Gasteiger partial charge in [0, 0.05) is 21.2 Å². The largest absolute Gasteiger partial charge is 0.486 e. The molecule has 2 N–H and O–H groups in total. The van der Waals surface area contributed by atoms with Crippen LogP contribution in [-0.2, 0) is 0 Å². The molecule has 0 aliphatic carbocycles. The van der Waals surface area contributed by atoms with Gasteiger partial charge < -0.3 is 15.2 Å². The molecular formula is C22H16Cl2N2O3S. The van der Waals surface area contributed by atoms with Crippen LogP contribution in [-0.4, -0.2) is 11.1 Å². The molecule has 8 heteroatoms. The van der Waals surface area contributed by atoms with Crippen molar-refractivity contribution in [3.8, 4) is 22.1 Å². The molecular weight excluding hydrogens is 443 g/mol. The standard InChI is InChI=1S/C22H16Cl2N2O3S/c1-12(20-16(23)3-2-4-17(20)24)28-15-9-10-18-19(11-15)30-21(26-18)13-5-7-14(8-6-13)29-22(25)27/h2-12H,1H3,(H2,25,27). The van der Waals surface area contributed by atoms with Crippen molar-refractivity contribution in [2.45, 2.75) is 13.0 Å². The van der Waals surface area contributed by atoms with E-state index in [1.54, 1.807) is 30.3 Å². The molecule has 0 aliphatic heterocycles. The first-order chi connectivity index (χ1) is 14.4. The number of thiazole rings is 1. The zero-order valence-electron chi connectivity index (χ0n) is 15.8. The molecule has 30 heavy (non-hydrogen) atoms. The Morgan fingerprint density at radius 3 is 2.37 bits per heavy atom. The Hall–Kier alpha value is -2.80. The summed E-state index contributed by atoms with van der Waals surface area (Å²) < 4.78 is 11.9. The van der Waals surface area contributed by atoms with Gasteiger partial charge in [0.2, 0.25) is 0 Å². The van der Waals surface area contributed by atoms with Crippen LogP contribution < -0.4 is 15.2 Å². The Morgan fingerprint density at radius 2 is 1.70 bits per heavy atom. The molecule has 152 valence electrons. The minimum Gasteiger partial charge on any atom is -0.486 e. The van der Waals surface area contributed by atoms with Crippen molar-refractivity contribution in [2.24, 2.45) is 5.73 Å². The summed E-state index contributed by atoms with van der Waals surface area (Å²) in [5, 5.41) is 1.98. The lowest BCUT2D eigenvalue weighted by atomic mass is 10.1. The maximum absolute atomic E-state index is 10.8. The molecule has 0 bridgehead atoms. The zero-order chi connectivity index (χ0) is 21.3. The number of fused-ring (bicyclic) bond motifs is 1. The van der Waals surface area contributed by atoms with Crippen LogP contribution in [0.25, 0.3) is 20.8 Å². The van der Waals surface area contributed by atoms with E-state index in [9.17, 15) is 4.79 Å². The van der Waals surface area contributed by atoms with Gasteiger partial charge >= 0.3 is 6.09 Å². The van der Waals surface area contributed by atoms with Crippen molar-refractivity contribution in [2.75, 3.05) is 0 Å². The van der Waals surface area contributed by atoms with Crippen LogP contribution in [0.1, 0.15) is 18.6 Å². The van der Waals surface area contributed by atoms with E-state index in [1.165, 1.54) is 11.3 Å². The summed E-state index contributed by atoms with van der Waals surface area (Å²) in [5.41, 5.74) is 7.56. The van der Waals surface area contributed by atoms with E-state index in [4.69, 9.17) is 38.4 Å². The number of hydrogen-bond acceptors (Lipinski definition) is 5. The number of hydrogen-bond donors (Lipinski definition) is 1. The number of carbonyl (C=O) groups excluding carboxylic acids is 1. The molecule has 0 fully saturated rings. The minimum absolute atomic E-state index is 0.311. The summed E-state index contributed by atoms with van der Waals surface area (Å²) in [6, 6.07) is 18.1. The highest BCUT2D eigenvalue weighted by Gasteiger charge is 2.16. The van der Waals surface area contributed by atoms with Crippen molar-refractivity contribution in [1.82, 2.24) is 4.98 Å². The second-order valence-electron chi connectivity index (χ2n) is 6.49. The van der Waals surface area contributed by atoms with Crippen LogP contribution in [0.2, 0.25) is 10.0 Å². The van der Waals surface area contributed by atoms with Crippen LogP contribution in [0.3, 0.4) is 0 Å². The van der Waals surface area contributed by atoms with E-state index in [1.807, 2.05) is 37.3 Å². The third-order valence-corrected chi connectivity index (χ3v) is 6.13. The van der Waals surface area contributed by atoms with Crippen molar-refractivity contribution >= 4 is 50.8 Å². The number of nitrogens with two attached hydrogens (primary N) is 1. The van der Waals surface area contributed by atoms with E-state index in [-0.39, 0.29) is 6.10 Å². The summed E-state index contributed by atoms with van der Waals surface area (Å²) in [4.78, 5) is 15.5. The molecule has 3 aromatic carbocycles. The molecule has 0 spiro atoms. The number of benzene rings is 3. The van der Waals surface area contributed by atoms with Crippen molar-refractivity contribution in [1.29, 1.82) is 0 Å². The topological polar surface area (TPSA) is 74.4 Å². The summed E-state index contributed by atoms with van der Waals surface area (Å²) in [7, 11) is 0. The Morgan fingerprint density at radius 1 is 1.03 bits per heavy atom. The average Bonchev–Trinajstić information content (AvgIpc) is 3.11. The summed E-state index contributed by atoms with van der Waals surface area (Å²) in [6.45, 7) is 1.91. The van der Waals surface area contributed by atoms with Gasteiger partial charge in [0.1, 0.15) is 22.6 Å². The maximum Gasteiger partial charge on any atom is 0.409 e. The van der Waals surface area contributed by atoms with Crippen LogP contribution >= 0.6 is 34.5 Å². The Labute approximate surface area is 187 Å². The second kappa shape index (κ2) is 8.52. The van der Waals surface area contributed by atoms with E-state index in [2.05, 4.69) is 4.98 Å². The number of nitrogens with zero attached hydrogens (tertiary/aromatic N) is 1. The first-order valence-corrected chi connectivity index (χ1v) is 10.6. The third-order valence-electron chi connectivity index (χ3n) is 4.40. The predicted molar refractivity (Wildman–Crippen MR) is 121 cm³/mol. The molecule has 1 amide bonds. The molecule has 1 heterocycles. The average molecular weight is 459 g/mol. The summed E-state index contributed by atoms with van der Waals surface area (Å²) >= 11 is 14.1. The number of rotatable bonds is 5. The van der Waals surface area contributed by atoms with Crippen molar-refractivity contribution < 1.29 is 14.3 Å². The fourth-order valence-electron chi connectivity index (χ4n) is 3.05. The monoisotopic (exact) mass is 458 g/mol. The van der Waals surface area contributed by atoms with Crippen molar-refractivity contribution in [3.63, 3.8) is 0 Å². The maximum atomic E-state index is 10.8. The first kappa shape index (κ1) is 20.5. The summed E-state index contributed by atoms with van der Waals surface area (Å²) in [6.07, 6.45) is -1.16. The highest BCUT2D eigenvalue weighted by Crippen LogP contribution is 2.36. The van der Waals surface area contributed by atoms with E-state index >= 15 is 0 Å². The molecule has 0 radical (unpaired) electrons. The van der Waals surface area contributed by atoms with Crippen LogP contribution in [0.4, 0.5) is 4.79 Å². The fraction of sp³-hybridized carbons (Fsp3) is 0.0909. The Bertz CT molecular complexity index is 1200. The van der Waals surface area contributed by atoms with Crippen LogP contribution in [0.15, 0.2) is 60.7 Å². The van der Waals surface area contributed by atoms with E-state index in [0.717, 1.165) is 26.4 Å². The molecule has 4 rings (SSSR count). The zero-order valence-corrected chi connectivity index (χ0v) is 18.1. The quantitative estimate of drug-likeness (QED) is 0.354. The Kier molecular flexibility index (Phi) is 5.81. The lowest BCUT2D eigenvalue weighted by molar-refractivity contribution is 0.211. The number of aromatic nitrogens is 1. The number of amides is 1. The van der Waals surface area contributed by atoms with Gasteiger partial charge in [-0.3, -0.25) is 0 Å². The number of ether oxygens (including phenoxy) is 2. The SMILES string of the molecule is CC(Oc1ccc2nc(-c3ccc(OC(N)=O)cc3)sc2c1)c1c(Cl)cccc1Cl. The lowest BCUT2D eigenvalue weighted by Crippen LogP contribution is -2.16. The number of carbonyl (C=O) groups is 1. The van der Waals surface area contributed by atoms with Gasteiger partial charge in [0.15, 0.2) is 0 Å². The van der Waals surface area contributed by atoms with E-state index in [0.29, 0.717) is 21.5 Å². The minimum atomic E-state index is -0.845. The molecule has 4 aromatic rings. The molecule has 0 saturated carbocycles. The molecule has 1 atom stereocenters. The van der Waals surface area contributed by atoms with Gasteiger partial charge in [-0.05, 0) is 61.5 Å². The fourth-order valence-corrected chi connectivity index (χ4v) is 4.75. The second-order valence-corrected chi connectivity index (χ2v) is 8.33. The molecule has 1 unspecified atom stereocenters. The van der Waals surface area contributed by atoms with Gasteiger partial charge in [-0.1, -0.05) is 29.3 Å². The van der Waals surface area contributed by atoms with Gasteiger partial charge in [0.25, 0.3) is 0 Å². The smallest absolute Gasteiger partial charge is 0.409 e. The van der Waals surface area contributed by atoms with Gasteiger partial charge in [-0.2, -0.15) is 0 Å². The molecule has 0 aliphatic rings. The highest BCUT2D eigenvalue weighted by atomic mass is 35.5. The van der Waals surface area contributed by atoms with E-state index < -0.39 is 6.09 Å². The molecule has 0 saturated heterocycles. The molecule has 1 aromatic heterocycles. The normalized spacial score (nSPS) is 12.0. The van der Waals surface area contributed by atoms with Crippen molar-refractivity contribution in [3.05, 3.63) is 76.3 Å². The summed E-state index contributed by atoms with van der Waals surface area (Å²) in [5.74, 6) is 1.08. The molecule has 5 nitrogen and oxygen atoms in total. The third kappa shape index (κ3) is 4.36. The van der Waals surface area contributed by atoms with Crippen LogP contribution in [0, 0.1) is 0 Å². The number of primary amides is 1. The number of halogens is 2. The lowest BCUT2D eigenvalue weighted by Gasteiger charge is -2.17.